The van der Waals surface area contributed by atoms with Crippen LogP contribution in [0.2, 0.25) is 0 Å². The molecule has 1 heterocycles. The molecular weight excluding hydrogens is 354 g/mol. The van der Waals surface area contributed by atoms with Gasteiger partial charge in [-0.25, -0.2) is 0 Å². The van der Waals surface area contributed by atoms with Crippen molar-refractivity contribution in [2.45, 2.75) is 38.6 Å². The van der Waals surface area contributed by atoms with Crippen LogP contribution in [0.3, 0.4) is 0 Å². The molecule has 1 saturated carbocycles. The number of nitrogens with one attached hydrogen (secondary N) is 3. The third kappa shape index (κ3) is 7.12. The lowest BCUT2D eigenvalue weighted by atomic mass is 9.86. The smallest absolute Gasteiger partial charge is 0.325 e. The molecule has 0 bridgehead atoms. The summed E-state index contributed by atoms with van der Waals surface area (Å²) in [5.74, 6) is -1.68. The van der Waals surface area contributed by atoms with Crippen molar-refractivity contribution in [2.75, 3.05) is 19.7 Å². The van der Waals surface area contributed by atoms with Gasteiger partial charge >= 0.3 is 5.97 Å². The summed E-state index contributed by atoms with van der Waals surface area (Å²) in [5.41, 5.74) is 0. The van der Waals surface area contributed by atoms with Gasteiger partial charge in [0.25, 0.3) is 11.8 Å². The number of esters is 1. The molecule has 27 heavy (non-hydrogen) atoms. The van der Waals surface area contributed by atoms with Crippen LogP contribution in [0, 0.1) is 5.92 Å². The first-order valence-electron chi connectivity index (χ1n) is 8.99. The van der Waals surface area contributed by atoms with Crippen LogP contribution < -0.4 is 16.0 Å². The monoisotopic (exact) mass is 379 g/mol. The number of ether oxygens (including phenoxy) is 1. The number of hydrogen-bond acceptors (Lipinski definition) is 6. The molecule has 1 aliphatic carbocycles. The van der Waals surface area contributed by atoms with E-state index in [4.69, 9.17) is 9.15 Å². The molecule has 9 nitrogen and oxygen atoms in total. The molecule has 3 amide bonds. The largest absolute Gasteiger partial charge is 0.459 e. The average molecular weight is 379 g/mol. The first kappa shape index (κ1) is 20.5. The molecule has 9 heteroatoms. The summed E-state index contributed by atoms with van der Waals surface area (Å²) < 4.78 is 9.73. The van der Waals surface area contributed by atoms with Crippen molar-refractivity contribution in [1.29, 1.82) is 0 Å². The van der Waals surface area contributed by atoms with Crippen molar-refractivity contribution in [3.63, 3.8) is 0 Å². The number of rotatable bonds is 8. The van der Waals surface area contributed by atoms with Gasteiger partial charge in [0.2, 0.25) is 5.91 Å². The Balaban J connectivity index is 1.57. The minimum absolute atomic E-state index is 0.0838. The van der Waals surface area contributed by atoms with Gasteiger partial charge in [-0.05, 0) is 30.9 Å². The molecule has 1 aromatic heterocycles. The standard InChI is InChI=1S/C18H25N3O6/c1-12-5-2-3-6-13(12)21-16(23)11-27-17(24)10-19-15(22)9-20-18(25)14-7-4-8-26-14/h4,7-8,12-13H,2-3,5-6,9-11H2,1H3,(H,19,22)(H,20,25)(H,21,23)/t12-,13-/m0/s1. The summed E-state index contributed by atoms with van der Waals surface area (Å²) in [6.45, 7) is 1.01. The second-order valence-corrected chi connectivity index (χ2v) is 6.53. The summed E-state index contributed by atoms with van der Waals surface area (Å²) in [4.78, 5) is 46.7. The highest BCUT2D eigenvalue weighted by molar-refractivity contribution is 5.94. The van der Waals surface area contributed by atoms with Gasteiger partial charge < -0.3 is 25.1 Å². The van der Waals surface area contributed by atoms with Crippen molar-refractivity contribution < 1.29 is 28.3 Å². The number of carbonyl (C=O) groups excluding carboxylic acids is 4. The zero-order chi connectivity index (χ0) is 19.6. The minimum Gasteiger partial charge on any atom is -0.459 e. The van der Waals surface area contributed by atoms with Gasteiger partial charge in [0, 0.05) is 6.04 Å². The van der Waals surface area contributed by atoms with Crippen LogP contribution in [0.5, 0.6) is 0 Å². The van der Waals surface area contributed by atoms with Gasteiger partial charge in [-0.3, -0.25) is 19.2 Å². The third-order valence-corrected chi connectivity index (χ3v) is 4.41. The molecule has 1 fully saturated rings. The van der Waals surface area contributed by atoms with E-state index in [9.17, 15) is 19.2 Å². The van der Waals surface area contributed by atoms with E-state index in [-0.39, 0.29) is 37.4 Å². The van der Waals surface area contributed by atoms with E-state index >= 15 is 0 Å². The van der Waals surface area contributed by atoms with Crippen LogP contribution in [0.15, 0.2) is 22.8 Å². The predicted octanol–water partition coefficient (Wildman–Crippen LogP) is 0.364. The Labute approximate surface area is 157 Å². The molecule has 0 saturated heterocycles. The van der Waals surface area contributed by atoms with Gasteiger partial charge in [0.05, 0.1) is 12.8 Å². The average Bonchev–Trinajstić information content (AvgIpc) is 3.19. The highest BCUT2D eigenvalue weighted by Crippen LogP contribution is 2.23. The van der Waals surface area contributed by atoms with Crippen LogP contribution >= 0.6 is 0 Å². The molecule has 3 N–H and O–H groups in total. The quantitative estimate of drug-likeness (QED) is 0.560. The maximum Gasteiger partial charge on any atom is 0.325 e. The molecule has 1 aliphatic rings. The van der Waals surface area contributed by atoms with Crippen LogP contribution in [0.1, 0.15) is 43.2 Å². The van der Waals surface area contributed by atoms with E-state index in [0.29, 0.717) is 5.92 Å². The number of furan rings is 1. The highest BCUT2D eigenvalue weighted by atomic mass is 16.5. The molecule has 0 unspecified atom stereocenters. The van der Waals surface area contributed by atoms with Crippen LogP contribution in [-0.4, -0.2) is 49.4 Å². The SMILES string of the molecule is C[C@H]1CCCC[C@@H]1NC(=O)COC(=O)CNC(=O)CNC(=O)c1ccco1. The van der Waals surface area contributed by atoms with Crippen molar-refractivity contribution in [3.8, 4) is 0 Å². The fourth-order valence-electron chi connectivity index (χ4n) is 2.86. The van der Waals surface area contributed by atoms with Crippen molar-refractivity contribution in [2.24, 2.45) is 5.92 Å². The second kappa shape index (κ2) is 10.3. The Kier molecular flexibility index (Phi) is 7.84. The molecular formula is C18H25N3O6. The summed E-state index contributed by atoms with van der Waals surface area (Å²) in [5, 5.41) is 7.53. The Morgan fingerprint density at radius 1 is 1.11 bits per heavy atom. The normalized spacial score (nSPS) is 19.0. The Bertz CT molecular complexity index is 658. The molecule has 0 aliphatic heterocycles. The number of hydrogen-bond donors (Lipinski definition) is 3. The first-order valence-corrected chi connectivity index (χ1v) is 8.99. The van der Waals surface area contributed by atoms with Crippen LogP contribution in [-0.2, 0) is 19.1 Å². The highest BCUT2D eigenvalue weighted by Gasteiger charge is 2.23. The maximum atomic E-state index is 11.9. The zero-order valence-electron chi connectivity index (χ0n) is 15.3. The van der Waals surface area contributed by atoms with Gasteiger partial charge in [-0.1, -0.05) is 19.8 Å². The first-order chi connectivity index (χ1) is 13.0. The molecule has 2 rings (SSSR count). The minimum atomic E-state index is -0.729. The fourth-order valence-corrected chi connectivity index (χ4v) is 2.86. The molecule has 0 aromatic carbocycles. The summed E-state index contributed by atoms with van der Waals surface area (Å²) in [6, 6.07) is 3.13. The lowest BCUT2D eigenvalue weighted by molar-refractivity contribution is -0.148. The lowest BCUT2D eigenvalue weighted by Gasteiger charge is -2.29. The second-order valence-electron chi connectivity index (χ2n) is 6.53. The Hall–Kier alpha value is -2.84. The van der Waals surface area contributed by atoms with E-state index in [0.717, 1.165) is 19.3 Å². The Morgan fingerprint density at radius 2 is 1.89 bits per heavy atom. The summed E-state index contributed by atoms with van der Waals surface area (Å²) in [6.07, 6.45) is 5.60. The van der Waals surface area contributed by atoms with E-state index < -0.39 is 17.8 Å². The van der Waals surface area contributed by atoms with E-state index in [2.05, 4.69) is 22.9 Å². The van der Waals surface area contributed by atoms with Crippen molar-refractivity contribution in [3.05, 3.63) is 24.2 Å². The Morgan fingerprint density at radius 3 is 2.59 bits per heavy atom. The summed E-state index contributed by atoms with van der Waals surface area (Å²) in [7, 11) is 0. The van der Waals surface area contributed by atoms with E-state index in [1.807, 2.05) is 0 Å². The molecule has 0 radical (unpaired) electrons. The van der Waals surface area contributed by atoms with E-state index in [1.54, 1.807) is 6.07 Å². The lowest BCUT2D eigenvalue weighted by Crippen LogP contribution is -2.43. The van der Waals surface area contributed by atoms with Gasteiger partial charge in [0.1, 0.15) is 6.54 Å². The molecule has 0 spiro atoms. The zero-order valence-corrected chi connectivity index (χ0v) is 15.3. The topological polar surface area (TPSA) is 127 Å². The van der Waals surface area contributed by atoms with Crippen LogP contribution in [0.4, 0.5) is 0 Å². The molecule has 2 atom stereocenters. The number of amides is 3. The van der Waals surface area contributed by atoms with Crippen molar-refractivity contribution >= 4 is 23.7 Å². The van der Waals surface area contributed by atoms with E-state index in [1.165, 1.54) is 18.8 Å². The fraction of sp³-hybridized carbons (Fsp3) is 0.556. The predicted molar refractivity (Wildman–Crippen MR) is 94.6 cm³/mol. The maximum absolute atomic E-state index is 11.9. The van der Waals surface area contributed by atoms with Gasteiger partial charge in [-0.2, -0.15) is 0 Å². The molecule has 148 valence electrons. The third-order valence-electron chi connectivity index (χ3n) is 4.41. The van der Waals surface area contributed by atoms with Gasteiger partial charge in [-0.15, -0.1) is 0 Å². The van der Waals surface area contributed by atoms with Crippen LogP contribution in [0.25, 0.3) is 0 Å². The van der Waals surface area contributed by atoms with Gasteiger partial charge in [0.15, 0.2) is 12.4 Å². The number of carbonyl (C=O) groups is 4. The summed E-state index contributed by atoms with van der Waals surface area (Å²) >= 11 is 0. The molecule has 1 aromatic rings. The van der Waals surface area contributed by atoms with Crippen molar-refractivity contribution in [1.82, 2.24) is 16.0 Å².